The zero-order valence-electron chi connectivity index (χ0n) is 14.0. The maximum Gasteiger partial charge on any atom is 0.220 e. The van der Waals surface area contributed by atoms with Gasteiger partial charge in [-0.1, -0.05) is 31.0 Å². The molecule has 2 aliphatic rings. The van der Waals surface area contributed by atoms with Gasteiger partial charge in [0.2, 0.25) is 5.91 Å². The van der Waals surface area contributed by atoms with Crippen LogP contribution in [-0.4, -0.2) is 50.1 Å². The van der Waals surface area contributed by atoms with Crippen molar-refractivity contribution in [1.29, 1.82) is 0 Å². The number of amides is 1. The number of piperazine rings is 1. The number of para-hydroxylation sites is 1. The summed E-state index contributed by atoms with van der Waals surface area (Å²) in [7, 11) is 0. The van der Waals surface area contributed by atoms with Crippen molar-refractivity contribution in [3.8, 4) is 0 Å². The number of nitrogens with one attached hydrogen (secondary N) is 1. The molecule has 1 heterocycles. The molecule has 2 fully saturated rings. The van der Waals surface area contributed by atoms with Gasteiger partial charge in [0, 0.05) is 51.4 Å². The molecule has 1 aromatic rings. The van der Waals surface area contributed by atoms with E-state index in [1.165, 1.54) is 31.4 Å². The number of anilines is 1. The van der Waals surface area contributed by atoms with Gasteiger partial charge in [0.05, 0.1) is 0 Å². The van der Waals surface area contributed by atoms with Gasteiger partial charge in [-0.25, -0.2) is 0 Å². The fraction of sp³-hybridized carbons (Fsp3) is 0.632. The van der Waals surface area contributed by atoms with Crippen molar-refractivity contribution in [1.82, 2.24) is 10.2 Å². The summed E-state index contributed by atoms with van der Waals surface area (Å²) >= 11 is 0. The van der Waals surface area contributed by atoms with Crippen LogP contribution in [0.3, 0.4) is 0 Å². The van der Waals surface area contributed by atoms with Crippen LogP contribution in [0.1, 0.15) is 32.1 Å². The van der Waals surface area contributed by atoms with Crippen LogP contribution in [0, 0.1) is 5.92 Å². The normalized spacial score (nSPS) is 19.9. The van der Waals surface area contributed by atoms with Crippen LogP contribution in [0.15, 0.2) is 30.3 Å². The Bertz CT molecular complexity index is 477. The average Bonchev–Trinajstić information content (AvgIpc) is 3.09. The Morgan fingerprint density at radius 2 is 1.74 bits per heavy atom. The van der Waals surface area contributed by atoms with E-state index in [9.17, 15) is 4.79 Å². The van der Waals surface area contributed by atoms with Gasteiger partial charge in [-0.05, 0) is 30.9 Å². The smallest absolute Gasteiger partial charge is 0.220 e. The Hall–Kier alpha value is -1.55. The van der Waals surface area contributed by atoms with E-state index in [0.717, 1.165) is 45.7 Å². The summed E-state index contributed by atoms with van der Waals surface area (Å²) < 4.78 is 0. The molecule has 4 nitrogen and oxygen atoms in total. The zero-order valence-corrected chi connectivity index (χ0v) is 14.0. The Balaban J connectivity index is 1.31. The van der Waals surface area contributed by atoms with E-state index in [4.69, 9.17) is 0 Å². The summed E-state index contributed by atoms with van der Waals surface area (Å²) in [6, 6.07) is 10.6. The third-order valence-electron chi connectivity index (χ3n) is 5.19. The van der Waals surface area contributed by atoms with Gasteiger partial charge in [0.15, 0.2) is 0 Å². The number of carbonyl (C=O) groups is 1. The Labute approximate surface area is 139 Å². The molecule has 0 spiro atoms. The van der Waals surface area contributed by atoms with Gasteiger partial charge < -0.3 is 10.2 Å². The molecule has 0 bridgehead atoms. The van der Waals surface area contributed by atoms with Crippen LogP contribution >= 0.6 is 0 Å². The van der Waals surface area contributed by atoms with Gasteiger partial charge in [-0.15, -0.1) is 0 Å². The standard InChI is InChI=1S/C19H29N3O/c23-19(16-17-6-4-5-7-17)20-10-11-21-12-14-22(15-13-21)18-8-2-1-3-9-18/h1-3,8-9,17H,4-7,10-16H2,(H,20,23). The largest absolute Gasteiger partial charge is 0.369 e. The Morgan fingerprint density at radius 1 is 1.04 bits per heavy atom. The van der Waals surface area contributed by atoms with Crippen LogP contribution in [0.4, 0.5) is 5.69 Å². The summed E-state index contributed by atoms with van der Waals surface area (Å²) in [5, 5.41) is 3.11. The highest BCUT2D eigenvalue weighted by Gasteiger charge is 2.19. The molecule has 126 valence electrons. The minimum atomic E-state index is 0.250. The van der Waals surface area contributed by atoms with Crippen LogP contribution < -0.4 is 10.2 Å². The van der Waals surface area contributed by atoms with E-state index < -0.39 is 0 Å². The second kappa shape index (κ2) is 8.34. The molecule has 0 radical (unpaired) electrons. The SMILES string of the molecule is O=C(CC1CCCC1)NCCN1CCN(c2ccccc2)CC1. The number of hydrogen-bond donors (Lipinski definition) is 1. The molecule has 1 aliphatic heterocycles. The molecule has 1 saturated carbocycles. The molecule has 1 N–H and O–H groups in total. The molecule has 23 heavy (non-hydrogen) atoms. The molecule has 1 aliphatic carbocycles. The van der Waals surface area contributed by atoms with Crippen molar-refractivity contribution in [3.05, 3.63) is 30.3 Å². The maximum absolute atomic E-state index is 11.9. The molecule has 1 saturated heterocycles. The fourth-order valence-electron chi connectivity index (χ4n) is 3.77. The second-order valence-electron chi connectivity index (χ2n) is 6.87. The first-order valence-corrected chi connectivity index (χ1v) is 9.10. The summed E-state index contributed by atoms with van der Waals surface area (Å²) in [6.07, 6.45) is 5.85. The van der Waals surface area contributed by atoms with E-state index in [1.807, 2.05) is 0 Å². The van der Waals surface area contributed by atoms with Gasteiger partial charge in [-0.3, -0.25) is 9.69 Å². The average molecular weight is 315 g/mol. The summed E-state index contributed by atoms with van der Waals surface area (Å²) in [5.41, 5.74) is 1.32. The minimum Gasteiger partial charge on any atom is -0.369 e. The van der Waals surface area contributed by atoms with Gasteiger partial charge >= 0.3 is 0 Å². The molecule has 0 aromatic heterocycles. The molecule has 1 amide bonds. The molecule has 1 aromatic carbocycles. The number of hydrogen-bond acceptors (Lipinski definition) is 3. The van der Waals surface area contributed by atoms with Crippen molar-refractivity contribution in [3.63, 3.8) is 0 Å². The van der Waals surface area contributed by atoms with Crippen molar-refractivity contribution < 1.29 is 4.79 Å². The number of rotatable bonds is 6. The van der Waals surface area contributed by atoms with Crippen molar-refractivity contribution >= 4 is 11.6 Å². The highest BCUT2D eigenvalue weighted by Crippen LogP contribution is 2.27. The lowest BCUT2D eigenvalue weighted by atomic mass is 10.0. The number of nitrogens with zero attached hydrogens (tertiary/aromatic N) is 2. The molecule has 0 unspecified atom stereocenters. The number of benzene rings is 1. The van der Waals surface area contributed by atoms with E-state index in [2.05, 4.69) is 45.4 Å². The minimum absolute atomic E-state index is 0.250. The first kappa shape index (κ1) is 16.3. The van der Waals surface area contributed by atoms with Gasteiger partial charge in [-0.2, -0.15) is 0 Å². The van der Waals surface area contributed by atoms with Crippen molar-refractivity contribution in [2.24, 2.45) is 5.92 Å². The zero-order chi connectivity index (χ0) is 15.9. The molecular formula is C19H29N3O. The first-order valence-electron chi connectivity index (χ1n) is 9.10. The van der Waals surface area contributed by atoms with E-state index in [0.29, 0.717) is 5.92 Å². The monoisotopic (exact) mass is 315 g/mol. The third-order valence-corrected chi connectivity index (χ3v) is 5.19. The van der Waals surface area contributed by atoms with E-state index in [-0.39, 0.29) is 5.91 Å². The lowest BCUT2D eigenvalue weighted by Crippen LogP contribution is -2.48. The molecule has 0 atom stereocenters. The predicted octanol–water partition coefficient (Wildman–Crippen LogP) is 2.51. The van der Waals surface area contributed by atoms with E-state index in [1.54, 1.807) is 0 Å². The highest BCUT2D eigenvalue weighted by atomic mass is 16.1. The summed E-state index contributed by atoms with van der Waals surface area (Å²) in [4.78, 5) is 16.8. The quantitative estimate of drug-likeness (QED) is 0.876. The Kier molecular flexibility index (Phi) is 5.92. The number of carbonyl (C=O) groups excluding carboxylic acids is 1. The molecular weight excluding hydrogens is 286 g/mol. The van der Waals surface area contributed by atoms with Crippen molar-refractivity contribution in [2.75, 3.05) is 44.2 Å². The van der Waals surface area contributed by atoms with Crippen LogP contribution in [0.25, 0.3) is 0 Å². The third kappa shape index (κ3) is 4.96. The van der Waals surface area contributed by atoms with Crippen molar-refractivity contribution in [2.45, 2.75) is 32.1 Å². The predicted molar refractivity (Wildman–Crippen MR) is 94.7 cm³/mol. The van der Waals surface area contributed by atoms with E-state index >= 15 is 0 Å². The summed E-state index contributed by atoms with van der Waals surface area (Å²) in [6.45, 7) is 6.05. The first-order chi connectivity index (χ1) is 11.3. The topological polar surface area (TPSA) is 35.6 Å². The van der Waals surface area contributed by atoms with Gasteiger partial charge in [0.1, 0.15) is 0 Å². The lowest BCUT2D eigenvalue weighted by Gasteiger charge is -2.36. The highest BCUT2D eigenvalue weighted by molar-refractivity contribution is 5.76. The lowest BCUT2D eigenvalue weighted by molar-refractivity contribution is -0.122. The van der Waals surface area contributed by atoms with Crippen LogP contribution in [0.2, 0.25) is 0 Å². The maximum atomic E-state index is 11.9. The van der Waals surface area contributed by atoms with Gasteiger partial charge in [0.25, 0.3) is 0 Å². The van der Waals surface area contributed by atoms with Crippen LogP contribution in [-0.2, 0) is 4.79 Å². The molecule has 4 heteroatoms. The Morgan fingerprint density at radius 3 is 2.43 bits per heavy atom. The van der Waals surface area contributed by atoms with Crippen LogP contribution in [0.5, 0.6) is 0 Å². The molecule has 3 rings (SSSR count). The summed E-state index contributed by atoms with van der Waals surface area (Å²) in [5.74, 6) is 0.893. The second-order valence-corrected chi connectivity index (χ2v) is 6.87. The fourth-order valence-corrected chi connectivity index (χ4v) is 3.77.